The molecule has 1 aliphatic rings. The van der Waals surface area contributed by atoms with Crippen molar-refractivity contribution >= 4 is 5.97 Å². The Morgan fingerprint density at radius 1 is 1.50 bits per heavy atom. The molecule has 0 radical (unpaired) electrons. The molecular weight excluding hydrogens is 256 g/mol. The quantitative estimate of drug-likeness (QED) is 0.632. The Morgan fingerprint density at radius 2 is 2.25 bits per heavy atom. The predicted octanol–water partition coefficient (Wildman–Crippen LogP) is 1.72. The van der Waals surface area contributed by atoms with E-state index < -0.39 is 11.5 Å². The summed E-state index contributed by atoms with van der Waals surface area (Å²) in [4.78, 5) is 14.0. The van der Waals surface area contributed by atoms with Crippen LogP contribution in [-0.4, -0.2) is 60.9 Å². The molecule has 2 unspecified atom stereocenters. The van der Waals surface area contributed by atoms with Gasteiger partial charge in [-0.15, -0.1) is 0 Å². The number of rotatable bonds is 9. The first-order valence-corrected chi connectivity index (χ1v) is 7.82. The molecule has 0 amide bonds. The number of nitrogens with zero attached hydrogens (tertiary/aromatic N) is 1. The van der Waals surface area contributed by atoms with E-state index in [1.54, 1.807) is 0 Å². The van der Waals surface area contributed by atoms with Gasteiger partial charge in [0, 0.05) is 19.2 Å². The monoisotopic (exact) mass is 286 g/mol. The van der Waals surface area contributed by atoms with Gasteiger partial charge in [0.05, 0.1) is 6.61 Å². The lowest BCUT2D eigenvalue weighted by Gasteiger charge is -2.41. The lowest BCUT2D eigenvalue weighted by Crippen LogP contribution is -2.58. The zero-order chi connectivity index (χ0) is 15.0. The third kappa shape index (κ3) is 4.72. The summed E-state index contributed by atoms with van der Waals surface area (Å²) in [5.74, 6) is -0.700. The van der Waals surface area contributed by atoms with Crippen molar-refractivity contribution in [3.05, 3.63) is 0 Å². The van der Waals surface area contributed by atoms with Gasteiger partial charge >= 0.3 is 5.97 Å². The van der Waals surface area contributed by atoms with Gasteiger partial charge in [0.15, 0.2) is 0 Å². The third-order valence-corrected chi connectivity index (χ3v) is 4.26. The van der Waals surface area contributed by atoms with Crippen LogP contribution in [0.15, 0.2) is 0 Å². The number of carbonyl (C=O) groups is 1. The van der Waals surface area contributed by atoms with Crippen molar-refractivity contribution in [2.24, 2.45) is 0 Å². The van der Waals surface area contributed by atoms with Crippen LogP contribution in [0, 0.1) is 0 Å². The molecule has 0 aromatic carbocycles. The molecule has 1 fully saturated rings. The number of nitrogens with one attached hydrogen (secondary N) is 1. The minimum absolute atomic E-state index is 0.324. The standard InChI is InChI=1S/C15H30N2O3/c1-4-9-16-15(14(18)19)8-6-7-13(12-15)17(3)10-11-20-5-2/h13,16H,4-12H2,1-3H3,(H,18,19). The Balaban J connectivity index is 2.59. The fraction of sp³-hybridized carbons (Fsp3) is 0.933. The molecule has 1 saturated carbocycles. The molecule has 5 nitrogen and oxygen atoms in total. The van der Waals surface area contributed by atoms with Crippen LogP contribution in [0.1, 0.15) is 46.0 Å². The summed E-state index contributed by atoms with van der Waals surface area (Å²) in [6, 6.07) is 0.324. The summed E-state index contributed by atoms with van der Waals surface area (Å²) >= 11 is 0. The minimum atomic E-state index is -0.737. The van der Waals surface area contributed by atoms with E-state index in [-0.39, 0.29) is 0 Å². The van der Waals surface area contributed by atoms with Crippen molar-refractivity contribution < 1.29 is 14.6 Å². The maximum Gasteiger partial charge on any atom is 0.323 e. The van der Waals surface area contributed by atoms with Gasteiger partial charge in [0.25, 0.3) is 0 Å². The third-order valence-electron chi connectivity index (χ3n) is 4.26. The molecule has 0 aliphatic heterocycles. The van der Waals surface area contributed by atoms with Gasteiger partial charge in [-0.1, -0.05) is 6.92 Å². The van der Waals surface area contributed by atoms with Gasteiger partial charge in [-0.2, -0.15) is 0 Å². The second-order valence-electron chi connectivity index (χ2n) is 5.74. The highest BCUT2D eigenvalue weighted by molar-refractivity contribution is 5.79. The van der Waals surface area contributed by atoms with E-state index in [9.17, 15) is 9.90 Å². The number of aliphatic carboxylic acids is 1. The molecule has 0 aromatic heterocycles. The highest BCUT2D eigenvalue weighted by Gasteiger charge is 2.43. The normalized spacial score (nSPS) is 26.9. The van der Waals surface area contributed by atoms with Crippen LogP contribution in [0.25, 0.3) is 0 Å². The number of ether oxygens (including phenoxy) is 1. The fourth-order valence-corrected chi connectivity index (χ4v) is 2.95. The molecule has 2 N–H and O–H groups in total. The van der Waals surface area contributed by atoms with Gasteiger partial charge < -0.3 is 20.1 Å². The number of likely N-dealkylation sites (N-methyl/N-ethyl adjacent to an activating group) is 1. The second kappa shape index (κ2) is 8.60. The van der Waals surface area contributed by atoms with Crippen LogP contribution in [0.2, 0.25) is 0 Å². The summed E-state index contributed by atoms with van der Waals surface area (Å²) in [6.07, 6.45) is 4.42. The first-order chi connectivity index (χ1) is 9.55. The number of carboxylic acids is 1. The summed E-state index contributed by atoms with van der Waals surface area (Å²) in [5, 5.41) is 12.9. The minimum Gasteiger partial charge on any atom is -0.480 e. The molecule has 0 heterocycles. The van der Waals surface area contributed by atoms with Crippen molar-refractivity contribution in [3.8, 4) is 0 Å². The SMILES string of the molecule is CCCNC1(C(=O)O)CCCC(N(C)CCOCC)C1. The smallest absolute Gasteiger partial charge is 0.323 e. The van der Waals surface area contributed by atoms with Crippen molar-refractivity contribution in [1.82, 2.24) is 10.2 Å². The van der Waals surface area contributed by atoms with E-state index in [4.69, 9.17) is 4.74 Å². The first kappa shape index (κ1) is 17.4. The van der Waals surface area contributed by atoms with E-state index in [1.807, 2.05) is 6.92 Å². The lowest BCUT2D eigenvalue weighted by atomic mass is 9.78. The molecule has 1 aliphatic carbocycles. The van der Waals surface area contributed by atoms with Crippen molar-refractivity contribution in [2.45, 2.75) is 57.5 Å². The topological polar surface area (TPSA) is 61.8 Å². The van der Waals surface area contributed by atoms with Crippen LogP contribution in [0.3, 0.4) is 0 Å². The van der Waals surface area contributed by atoms with Gasteiger partial charge in [-0.05, 0) is 52.6 Å². The number of hydrogen-bond donors (Lipinski definition) is 2. The van der Waals surface area contributed by atoms with Crippen LogP contribution >= 0.6 is 0 Å². The number of carboxylic acid groups (broad SMARTS) is 1. The molecule has 0 bridgehead atoms. The van der Waals surface area contributed by atoms with Gasteiger partial charge in [-0.25, -0.2) is 0 Å². The van der Waals surface area contributed by atoms with Crippen LogP contribution in [0.4, 0.5) is 0 Å². The molecular formula is C15H30N2O3. The highest BCUT2D eigenvalue weighted by Crippen LogP contribution is 2.31. The first-order valence-electron chi connectivity index (χ1n) is 7.82. The molecule has 118 valence electrons. The second-order valence-corrected chi connectivity index (χ2v) is 5.74. The summed E-state index contributed by atoms with van der Waals surface area (Å²) in [7, 11) is 2.07. The van der Waals surface area contributed by atoms with E-state index in [2.05, 4.69) is 24.2 Å². The number of hydrogen-bond acceptors (Lipinski definition) is 4. The van der Waals surface area contributed by atoms with Crippen LogP contribution < -0.4 is 5.32 Å². The van der Waals surface area contributed by atoms with Crippen molar-refractivity contribution in [3.63, 3.8) is 0 Å². The molecule has 2 atom stereocenters. The molecule has 20 heavy (non-hydrogen) atoms. The molecule has 1 rings (SSSR count). The summed E-state index contributed by atoms with van der Waals surface area (Å²) in [6.45, 7) is 7.13. The maximum absolute atomic E-state index is 11.7. The van der Waals surface area contributed by atoms with Gasteiger partial charge in [0.2, 0.25) is 0 Å². The Kier molecular flexibility index (Phi) is 7.48. The maximum atomic E-state index is 11.7. The Labute approximate surface area is 122 Å². The zero-order valence-electron chi connectivity index (χ0n) is 13.2. The van der Waals surface area contributed by atoms with Gasteiger partial charge in [-0.3, -0.25) is 4.79 Å². The van der Waals surface area contributed by atoms with Crippen LogP contribution in [0.5, 0.6) is 0 Å². The van der Waals surface area contributed by atoms with Crippen molar-refractivity contribution in [1.29, 1.82) is 0 Å². The molecule has 0 spiro atoms. The average Bonchev–Trinajstić information content (AvgIpc) is 2.45. The summed E-state index contributed by atoms with van der Waals surface area (Å²) in [5.41, 5.74) is -0.737. The van der Waals surface area contributed by atoms with Gasteiger partial charge in [0.1, 0.15) is 5.54 Å². The Bertz CT molecular complexity index is 299. The largest absolute Gasteiger partial charge is 0.480 e. The highest BCUT2D eigenvalue weighted by atomic mass is 16.5. The summed E-state index contributed by atoms with van der Waals surface area (Å²) < 4.78 is 5.39. The average molecular weight is 286 g/mol. The van der Waals surface area contributed by atoms with Crippen LogP contribution in [-0.2, 0) is 9.53 Å². The molecule has 0 aromatic rings. The lowest BCUT2D eigenvalue weighted by molar-refractivity contribution is -0.147. The fourth-order valence-electron chi connectivity index (χ4n) is 2.95. The van der Waals surface area contributed by atoms with E-state index in [0.29, 0.717) is 19.1 Å². The Hall–Kier alpha value is -0.650. The molecule has 0 saturated heterocycles. The Morgan fingerprint density at radius 3 is 2.85 bits per heavy atom. The van der Waals surface area contributed by atoms with E-state index in [0.717, 1.165) is 45.4 Å². The van der Waals surface area contributed by atoms with Crippen molar-refractivity contribution in [2.75, 3.05) is 33.4 Å². The van der Waals surface area contributed by atoms with E-state index in [1.165, 1.54) is 0 Å². The predicted molar refractivity (Wildman–Crippen MR) is 80.0 cm³/mol. The van der Waals surface area contributed by atoms with E-state index >= 15 is 0 Å². The zero-order valence-corrected chi connectivity index (χ0v) is 13.2. The molecule has 5 heteroatoms.